The zero-order valence-electron chi connectivity index (χ0n) is 7.17. The fourth-order valence-electron chi connectivity index (χ4n) is 1.45. The lowest BCUT2D eigenvalue weighted by Gasteiger charge is -2.12. The molecular formula is C9H13N3. The summed E-state index contributed by atoms with van der Waals surface area (Å²) in [4.78, 5) is 4.30. The molecule has 3 heteroatoms. The van der Waals surface area contributed by atoms with E-state index in [9.17, 15) is 0 Å². The van der Waals surface area contributed by atoms with Gasteiger partial charge in [-0.05, 0) is 32.0 Å². The van der Waals surface area contributed by atoms with E-state index in [1.54, 1.807) is 6.20 Å². The number of nitrogen functional groups attached to an aromatic ring is 1. The number of nitrogens with zero attached hydrogens (tertiary/aromatic N) is 1. The predicted octanol–water partition coefficient (Wildman–Crippen LogP) is 0.872. The summed E-state index contributed by atoms with van der Waals surface area (Å²) in [5, 5.41) is 3.28. The Morgan fingerprint density at radius 3 is 2.67 bits per heavy atom. The molecule has 1 aromatic rings. The van der Waals surface area contributed by atoms with E-state index in [0.717, 1.165) is 11.4 Å². The maximum Gasteiger partial charge on any atom is 0.0607 e. The molecule has 0 saturated heterocycles. The summed E-state index contributed by atoms with van der Waals surface area (Å²) in [6.45, 7) is 0. The normalized spacial score (nSPS) is 19.1. The molecule has 1 aliphatic rings. The smallest absolute Gasteiger partial charge is 0.0607 e. The summed E-state index contributed by atoms with van der Waals surface area (Å²) in [6.07, 6.45) is 4.08. The molecule has 0 aliphatic heterocycles. The van der Waals surface area contributed by atoms with Crippen LogP contribution in [0.5, 0.6) is 0 Å². The van der Waals surface area contributed by atoms with Gasteiger partial charge in [0.25, 0.3) is 0 Å². The number of aromatic nitrogens is 1. The highest BCUT2D eigenvalue weighted by Gasteiger charge is 2.43. The second-order valence-electron chi connectivity index (χ2n) is 3.31. The van der Waals surface area contributed by atoms with Gasteiger partial charge in [-0.1, -0.05) is 0 Å². The lowest BCUT2D eigenvalue weighted by atomic mass is 10.1. The molecular weight excluding hydrogens is 150 g/mol. The minimum absolute atomic E-state index is 0.160. The monoisotopic (exact) mass is 163 g/mol. The van der Waals surface area contributed by atoms with Gasteiger partial charge in [0.15, 0.2) is 0 Å². The Morgan fingerprint density at radius 2 is 2.25 bits per heavy atom. The van der Waals surface area contributed by atoms with Gasteiger partial charge in [0.05, 0.1) is 23.1 Å². The van der Waals surface area contributed by atoms with Crippen LogP contribution in [0.2, 0.25) is 0 Å². The molecule has 1 aromatic heterocycles. The van der Waals surface area contributed by atoms with Crippen LogP contribution >= 0.6 is 0 Å². The molecule has 1 aliphatic carbocycles. The molecule has 64 valence electrons. The molecule has 12 heavy (non-hydrogen) atoms. The third-order valence-electron chi connectivity index (χ3n) is 2.51. The van der Waals surface area contributed by atoms with Gasteiger partial charge in [-0.3, -0.25) is 4.98 Å². The third kappa shape index (κ3) is 1.06. The first-order valence-electron chi connectivity index (χ1n) is 4.18. The van der Waals surface area contributed by atoms with Gasteiger partial charge < -0.3 is 11.1 Å². The Kier molecular flexibility index (Phi) is 1.54. The summed E-state index contributed by atoms with van der Waals surface area (Å²) in [7, 11) is 1.98. The van der Waals surface area contributed by atoms with Crippen LogP contribution in [0.1, 0.15) is 18.5 Å². The van der Waals surface area contributed by atoms with Crippen molar-refractivity contribution in [1.82, 2.24) is 10.3 Å². The largest absolute Gasteiger partial charge is 0.397 e. The van der Waals surface area contributed by atoms with Crippen molar-refractivity contribution in [3.63, 3.8) is 0 Å². The molecule has 3 N–H and O–H groups in total. The quantitative estimate of drug-likeness (QED) is 0.680. The number of anilines is 1. The van der Waals surface area contributed by atoms with Gasteiger partial charge in [-0.15, -0.1) is 0 Å². The number of nitrogens with one attached hydrogen (secondary N) is 1. The molecule has 0 radical (unpaired) electrons. The summed E-state index contributed by atoms with van der Waals surface area (Å²) in [5.41, 5.74) is 7.55. The van der Waals surface area contributed by atoms with Crippen molar-refractivity contribution < 1.29 is 0 Å². The van der Waals surface area contributed by atoms with Gasteiger partial charge in [-0.2, -0.15) is 0 Å². The van der Waals surface area contributed by atoms with Gasteiger partial charge in [0, 0.05) is 0 Å². The molecule has 1 fully saturated rings. The van der Waals surface area contributed by atoms with Crippen molar-refractivity contribution in [2.45, 2.75) is 18.4 Å². The topological polar surface area (TPSA) is 50.9 Å². The molecule has 0 bridgehead atoms. The molecule has 0 amide bonds. The molecule has 2 rings (SSSR count). The standard InChI is InChI=1S/C9H13N3/c1-11-9(4-5-9)8-3-2-7(10)6-12-8/h2-3,6,11H,4-5,10H2,1H3. The summed E-state index contributed by atoms with van der Waals surface area (Å²) in [5.74, 6) is 0. The van der Waals surface area contributed by atoms with Crippen LogP contribution in [0.4, 0.5) is 5.69 Å². The molecule has 1 saturated carbocycles. The number of hydrogen-bond acceptors (Lipinski definition) is 3. The van der Waals surface area contributed by atoms with Crippen molar-refractivity contribution in [1.29, 1.82) is 0 Å². The van der Waals surface area contributed by atoms with Gasteiger partial charge >= 0.3 is 0 Å². The van der Waals surface area contributed by atoms with Crippen LogP contribution in [0.25, 0.3) is 0 Å². The Balaban J connectivity index is 2.29. The first-order valence-corrected chi connectivity index (χ1v) is 4.18. The number of rotatable bonds is 2. The van der Waals surface area contributed by atoms with E-state index in [4.69, 9.17) is 5.73 Å². The van der Waals surface area contributed by atoms with Crippen LogP contribution in [-0.4, -0.2) is 12.0 Å². The fourth-order valence-corrected chi connectivity index (χ4v) is 1.45. The number of pyridine rings is 1. The molecule has 0 unspecified atom stereocenters. The highest BCUT2D eigenvalue weighted by molar-refractivity contribution is 5.37. The molecule has 0 aromatic carbocycles. The van der Waals surface area contributed by atoms with Crippen LogP contribution in [-0.2, 0) is 5.54 Å². The number of hydrogen-bond donors (Lipinski definition) is 2. The molecule has 3 nitrogen and oxygen atoms in total. The Bertz CT molecular complexity index is 274. The zero-order chi connectivity index (χ0) is 8.60. The summed E-state index contributed by atoms with van der Waals surface area (Å²) < 4.78 is 0. The van der Waals surface area contributed by atoms with Gasteiger partial charge in [-0.25, -0.2) is 0 Å². The summed E-state index contributed by atoms with van der Waals surface area (Å²) >= 11 is 0. The maximum atomic E-state index is 5.55. The Hall–Kier alpha value is -1.09. The number of nitrogens with two attached hydrogens (primary N) is 1. The second-order valence-corrected chi connectivity index (χ2v) is 3.31. The van der Waals surface area contributed by atoms with E-state index in [1.165, 1.54) is 12.8 Å². The highest BCUT2D eigenvalue weighted by atomic mass is 15.0. The average molecular weight is 163 g/mol. The lowest BCUT2D eigenvalue weighted by Crippen LogP contribution is -2.25. The first-order chi connectivity index (χ1) is 5.77. The van der Waals surface area contributed by atoms with Crippen molar-refractivity contribution in [3.05, 3.63) is 24.0 Å². The summed E-state index contributed by atoms with van der Waals surface area (Å²) in [6, 6.07) is 3.90. The minimum atomic E-state index is 0.160. The Morgan fingerprint density at radius 1 is 1.50 bits per heavy atom. The third-order valence-corrected chi connectivity index (χ3v) is 2.51. The van der Waals surface area contributed by atoms with Crippen molar-refractivity contribution in [2.24, 2.45) is 0 Å². The van der Waals surface area contributed by atoms with Crippen LogP contribution < -0.4 is 11.1 Å². The first kappa shape index (κ1) is 7.55. The van der Waals surface area contributed by atoms with Gasteiger partial charge in [0.1, 0.15) is 0 Å². The van der Waals surface area contributed by atoms with Crippen LogP contribution in [0.15, 0.2) is 18.3 Å². The minimum Gasteiger partial charge on any atom is -0.397 e. The maximum absolute atomic E-state index is 5.55. The van der Waals surface area contributed by atoms with E-state index < -0.39 is 0 Å². The Labute approximate surface area is 72.0 Å². The second kappa shape index (κ2) is 2.45. The molecule has 0 spiro atoms. The highest BCUT2D eigenvalue weighted by Crippen LogP contribution is 2.43. The lowest BCUT2D eigenvalue weighted by molar-refractivity contribution is 0.568. The average Bonchev–Trinajstić information content (AvgIpc) is 2.86. The van der Waals surface area contributed by atoms with Crippen molar-refractivity contribution in [2.75, 3.05) is 12.8 Å². The van der Waals surface area contributed by atoms with E-state index in [2.05, 4.69) is 10.3 Å². The van der Waals surface area contributed by atoms with Crippen molar-refractivity contribution in [3.8, 4) is 0 Å². The molecule has 0 atom stereocenters. The van der Waals surface area contributed by atoms with E-state index in [0.29, 0.717) is 0 Å². The van der Waals surface area contributed by atoms with Crippen LogP contribution in [0.3, 0.4) is 0 Å². The van der Waals surface area contributed by atoms with E-state index >= 15 is 0 Å². The predicted molar refractivity (Wildman–Crippen MR) is 48.6 cm³/mol. The fraction of sp³-hybridized carbons (Fsp3) is 0.444. The molecule has 1 heterocycles. The zero-order valence-corrected chi connectivity index (χ0v) is 7.17. The SMILES string of the molecule is CNC1(c2ccc(N)cn2)CC1. The van der Waals surface area contributed by atoms with E-state index in [-0.39, 0.29) is 5.54 Å². The van der Waals surface area contributed by atoms with Crippen LogP contribution in [0, 0.1) is 0 Å². The van der Waals surface area contributed by atoms with Gasteiger partial charge in [0.2, 0.25) is 0 Å². The van der Waals surface area contributed by atoms with E-state index in [1.807, 2.05) is 19.2 Å². The van der Waals surface area contributed by atoms with Crippen molar-refractivity contribution >= 4 is 5.69 Å².